The second kappa shape index (κ2) is 4.66. The van der Waals surface area contributed by atoms with Gasteiger partial charge in [0.15, 0.2) is 0 Å². The molecule has 88 valence electrons. The molecule has 0 aromatic carbocycles. The monoisotopic (exact) mass is 236 g/mol. The lowest BCUT2D eigenvalue weighted by atomic mass is 10.1. The van der Waals surface area contributed by atoms with Gasteiger partial charge in [-0.25, -0.2) is 4.39 Å². The highest BCUT2D eigenvalue weighted by Crippen LogP contribution is 2.44. The SMILES string of the molecule is CC1(CNC(=O)[C@H]2C[C@H](F)CN2)CC1.Cl. The molecular weight excluding hydrogens is 219 g/mol. The van der Waals surface area contributed by atoms with E-state index in [0.717, 1.165) is 6.54 Å². The minimum Gasteiger partial charge on any atom is -0.354 e. The third-order valence-corrected chi connectivity index (χ3v) is 3.19. The van der Waals surface area contributed by atoms with E-state index in [1.54, 1.807) is 0 Å². The quantitative estimate of drug-likeness (QED) is 0.769. The van der Waals surface area contributed by atoms with Crippen molar-refractivity contribution < 1.29 is 9.18 Å². The lowest BCUT2D eigenvalue weighted by Gasteiger charge is -2.13. The zero-order valence-electron chi connectivity index (χ0n) is 8.88. The van der Waals surface area contributed by atoms with Crippen LogP contribution in [0.5, 0.6) is 0 Å². The number of halogens is 2. The first-order chi connectivity index (χ1) is 6.59. The van der Waals surface area contributed by atoms with E-state index in [9.17, 15) is 9.18 Å². The fourth-order valence-electron chi connectivity index (χ4n) is 1.71. The third-order valence-electron chi connectivity index (χ3n) is 3.19. The largest absolute Gasteiger partial charge is 0.354 e. The molecule has 1 aliphatic carbocycles. The van der Waals surface area contributed by atoms with Crippen molar-refractivity contribution in [1.29, 1.82) is 0 Å². The van der Waals surface area contributed by atoms with E-state index in [4.69, 9.17) is 0 Å². The topological polar surface area (TPSA) is 41.1 Å². The van der Waals surface area contributed by atoms with Crippen LogP contribution in [0.25, 0.3) is 0 Å². The molecule has 0 radical (unpaired) electrons. The molecule has 1 saturated carbocycles. The molecule has 1 saturated heterocycles. The van der Waals surface area contributed by atoms with E-state index in [1.807, 2.05) is 0 Å². The Bertz CT molecular complexity index is 246. The van der Waals surface area contributed by atoms with Gasteiger partial charge in [0.2, 0.25) is 5.91 Å². The number of hydrogen-bond donors (Lipinski definition) is 2. The van der Waals surface area contributed by atoms with Crippen molar-refractivity contribution in [2.75, 3.05) is 13.1 Å². The van der Waals surface area contributed by atoms with Crippen LogP contribution in [0, 0.1) is 5.41 Å². The Morgan fingerprint density at radius 3 is 2.73 bits per heavy atom. The molecule has 2 atom stereocenters. The fraction of sp³-hybridized carbons (Fsp3) is 0.900. The van der Waals surface area contributed by atoms with Gasteiger partial charge in [-0.1, -0.05) is 6.92 Å². The van der Waals surface area contributed by atoms with E-state index in [-0.39, 0.29) is 24.4 Å². The van der Waals surface area contributed by atoms with Gasteiger partial charge in [0.1, 0.15) is 6.17 Å². The highest BCUT2D eigenvalue weighted by atomic mass is 35.5. The lowest BCUT2D eigenvalue weighted by molar-refractivity contribution is -0.123. The molecule has 3 nitrogen and oxygen atoms in total. The lowest BCUT2D eigenvalue weighted by Crippen LogP contribution is -2.42. The summed E-state index contributed by atoms with van der Waals surface area (Å²) < 4.78 is 12.8. The fourth-order valence-corrected chi connectivity index (χ4v) is 1.71. The van der Waals surface area contributed by atoms with Crippen LogP contribution in [0.15, 0.2) is 0 Å². The van der Waals surface area contributed by atoms with Crippen molar-refractivity contribution in [1.82, 2.24) is 10.6 Å². The normalized spacial score (nSPS) is 31.9. The summed E-state index contributed by atoms with van der Waals surface area (Å²) in [5.41, 5.74) is 0.323. The van der Waals surface area contributed by atoms with Gasteiger partial charge < -0.3 is 10.6 Å². The Balaban J connectivity index is 0.00000112. The van der Waals surface area contributed by atoms with Gasteiger partial charge in [-0.05, 0) is 18.3 Å². The highest BCUT2D eigenvalue weighted by molar-refractivity contribution is 5.85. The van der Waals surface area contributed by atoms with Crippen molar-refractivity contribution in [3.05, 3.63) is 0 Å². The van der Waals surface area contributed by atoms with Crippen molar-refractivity contribution in [2.45, 2.75) is 38.4 Å². The number of amides is 1. The first-order valence-corrected chi connectivity index (χ1v) is 5.24. The Labute approximate surface area is 95.6 Å². The molecule has 1 amide bonds. The molecule has 2 N–H and O–H groups in total. The Kier molecular flexibility index (Phi) is 3.95. The maximum absolute atomic E-state index is 12.8. The maximum Gasteiger partial charge on any atom is 0.237 e. The summed E-state index contributed by atoms with van der Waals surface area (Å²) in [6.07, 6.45) is 1.85. The summed E-state index contributed by atoms with van der Waals surface area (Å²) >= 11 is 0. The number of alkyl halides is 1. The van der Waals surface area contributed by atoms with Crippen LogP contribution < -0.4 is 10.6 Å². The van der Waals surface area contributed by atoms with Gasteiger partial charge in [-0.3, -0.25) is 4.79 Å². The zero-order valence-corrected chi connectivity index (χ0v) is 9.70. The zero-order chi connectivity index (χ0) is 10.2. The van der Waals surface area contributed by atoms with Crippen molar-refractivity contribution in [2.24, 2.45) is 5.41 Å². The van der Waals surface area contributed by atoms with Crippen LogP contribution in [0.2, 0.25) is 0 Å². The van der Waals surface area contributed by atoms with E-state index >= 15 is 0 Å². The molecule has 0 aromatic heterocycles. The standard InChI is InChI=1S/C10H17FN2O.ClH/c1-10(2-3-10)6-13-9(14)8-4-7(11)5-12-8;/h7-8,12H,2-6H2,1H3,(H,13,14);1H/t7-,8+;/m0./s1. The minimum absolute atomic E-state index is 0. The molecule has 5 heteroatoms. The van der Waals surface area contributed by atoms with Crippen molar-refractivity contribution in [3.8, 4) is 0 Å². The van der Waals surface area contributed by atoms with Crippen LogP contribution in [0.1, 0.15) is 26.2 Å². The van der Waals surface area contributed by atoms with Crippen molar-refractivity contribution in [3.63, 3.8) is 0 Å². The molecule has 15 heavy (non-hydrogen) atoms. The second-order valence-corrected chi connectivity index (χ2v) is 4.82. The molecule has 0 spiro atoms. The third kappa shape index (κ3) is 3.31. The van der Waals surface area contributed by atoms with Crippen LogP contribution in [0.3, 0.4) is 0 Å². The number of hydrogen-bond acceptors (Lipinski definition) is 2. The van der Waals surface area contributed by atoms with Crippen LogP contribution >= 0.6 is 12.4 Å². The second-order valence-electron chi connectivity index (χ2n) is 4.82. The molecule has 2 rings (SSSR count). The predicted molar refractivity (Wildman–Crippen MR) is 58.9 cm³/mol. The summed E-state index contributed by atoms with van der Waals surface area (Å²) in [4.78, 5) is 11.5. The first-order valence-electron chi connectivity index (χ1n) is 5.24. The summed E-state index contributed by atoms with van der Waals surface area (Å²) in [5, 5.41) is 5.76. The Hall–Kier alpha value is -0.350. The molecule has 1 aliphatic heterocycles. The highest BCUT2D eigenvalue weighted by Gasteiger charge is 2.38. The van der Waals surface area contributed by atoms with Gasteiger partial charge >= 0.3 is 0 Å². The van der Waals surface area contributed by atoms with Gasteiger partial charge in [0.25, 0.3) is 0 Å². The maximum atomic E-state index is 12.8. The van der Waals surface area contributed by atoms with Gasteiger partial charge in [0.05, 0.1) is 6.04 Å². The number of rotatable bonds is 3. The molecule has 2 fully saturated rings. The molecule has 1 heterocycles. The van der Waals surface area contributed by atoms with Crippen LogP contribution in [-0.4, -0.2) is 31.2 Å². The van der Waals surface area contributed by atoms with Gasteiger partial charge in [-0.15, -0.1) is 12.4 Å². The van der Waals surface area contributed by atoms with Gasteiger partial charge in [-0.2, -0.15) is 0 Å². The van der Waals surface area contributed by atoms with Crippen LogP contribution in [-0.2, 0) is 4.79 Å². The predicted octanol–water partition coefficient (Wildman–Crippen LogP) is 1.02. The minimum atomic E-state index is -0.859. The average Bonchev–Trinajstić information content (AvgIpc) is 2.71. The molecule has 2 aliphatic rings. The molecule has 0 bridgehead atoms. The van der Waals surface area contributed by atoms with Gasteiger partial charge in [0, 0.05) is 19.5 Å². The van der Waals surface area contributed by atoms with E-state index in [2.05, 4.69) is 17.6 Å². The summed E-state index contributed by atoms with van der Waals surface area (Å²) in [6, 6.07) is -0.313. The average molecular weight is 237 g/mol. The summed E-state index contributed by atoms with van der Waals surface area (Å²) in [5.74, 6) is -0.0433. The Morgan fingerprint density at radius 1 is 1.60 bits per heavy atom. The van der Waals surface area contributed by atoms with Crippen molar-refractivity contribution >= 4 is 18.3 Å². The first kappa shape index (κ1) is 12.7. The summed E-state index contributed by atoms with van der Waals surface area (Å²) in [7, 11) is 0. The molecular formula is C10H18ClFN2O. The molecule has 0 unspecified atom stereocenters. The smallest absolute Gasteiger partial charge is 0.237 e. The summed E-state index contributed by atoms with van der Waals surface area (Å²) in [6.45, 7) is 3.21. The van der Waals surface area contributed by atoms with Crippen LogP contribution in [0.4, 0.5) is 4.39 Å². The Morgan fingerprint density at radius 2 is 2.27 bits per heavy atom. The van der Waals surface area contributed by atoms with E-state index < -0.39 is 6.17 Å². The molecule has 0 aromatic rings. The number of carbonyl (C=O) groups excluding carboxylic acids is 1. The number of nitrogens with one attached hydrogen (secondary N) is 2. The van der Waals surface area contributed by atoms with E-state index in [1.165, 1.54) is 12.8 Å². The van der Waals surface area contributed by atoms with E-state index in [0.29, 0.717) is 18.4 Å². The number of carbonyl (C=O) groups is 1.